The number of ketones is 1. The fourth-order valence-corrected chi connectivity index (χ4v) is 6.47. The van der Waals surface area contributed by atoms with Gasteiger partial charge in [-0.3, -0.25) is 9.59 Å². The Balaban J connectivity index is 1.09. The molecule has 5 aromatic rings. The highest BCUT2D eigenvalue weighted by Crippen LogP contribution is 2.35. The molecule has 0 radical (unpaired) electrons. The van der Waals surface area contributed by atoms with E-state index < -0.39 is 0 Å². The van der Waals surface area contributed by atoms with Gasteiger partial charge in [0.1, 0.15) is 0 Å². The van der Waals surface area contributed by atoms with Gasteiger partial charge in [0.05, 0.1) is 5.92 Å². The van der Waals surface area contributed by atoms with Crippen molar-refractivity contribution in [3.05, 3.63) is 156 Å². The monoisotopic (exact) mass is 593 g/mol. The second-order valence-electron chi connectivity index (χ2n) is 11.9. The van der Waals surface area contributed by atoms with E-state index in [1.54, 1.807) is 0 Å². The first-order chi connectivity index (χ1) is 22.0. The highest BCUT2D eigenvalue weighted by Gasteiger charge is 2.32. The molecule has 5 aromatic carbocycles. The summed E-state index contributed by atoms with van der Waals surface area (Å²) in [6.45, 7) is 2.29. The Hall–Kier alpha value is -5.16. The van der Waals surface area contributed by atoms with Crippen LogP contribution in [-0.2, 0) is 17.8 Å². The minimum atomic E-state index is -0.180. The fraction of sp³-hybridized carbons (Fsp3) is 0.200. The lowest BCUT2D eigenvalue weighted by molar-refractivity contribution is -0.124. The van der Waals surface area contributed by atoms with Crippen LogP contribution in [0.25, 0.3) is 11.1 Å². The summed E-state index contributed by atoms with van der Waals surface area (Å²) in [6.07, 6.45) is 2.19. The zero-order valence-electron chi connectivity index (χ0n) is 25.4. The lowest BCUT2D eigenvalue weighted by Gasteiger charge is -2.37. The number of nitrogens with zero attached hydrogens (tertiary/aromatic N) is 1. The molecule has 0 aromatic heterocycles. The highest BCUT2D eigenvalue weighted by atomic mass is 16.2. The van der Waals surface area contributed by atoms with Gasteiger partial charge in [-0.15, -0.1) is 0 Å². The SMILES string of the molecule is Nc1cccc(-c2ccccc2C(=O)Cc2ccc(N3CCC(C(C(=O)NCc4ccccc4)c4ccccc4)CC3)cc2)c1. The summed E-state index contributed by atoms with van der Waals surface area (Å²) < 4.78 is 0. The third-order valence-electron chi connectivity index (χ3n) is 8.85. The Morgan fingerprint density at radius 3 is 2.11 bits per heavy atom. The Bertz CT molecular complexity index is 1730. The van der Waals surface area contributed by atoms with E-state index in [1.807, 2.05) is 97.1 Å². The maximum absolute atomic E-state index is 13.6. The molecule has 3 N–H and O–H groups in total. The van der Waals surface area contributed by atoms with Gasteiger partial charge >= 0.3 is 0 Å². The Morgan fingerprint density at radius 1 is 0.733 bits per heavy atom. The molecular weight excluding hydrogens is 554 g/mol. The first-order valence-corrected chi connectivity index (χ1v) is 15.7. The van der Waals surface area contributed by atoms with Gasteiger partial charge in [0.2, 0.25) is 5.91 Å². The van der Waals surface area contributed by atoms with Gasteiger partial charge in [-0.05, 0) is 70.8 Å². The molecule has 6 rings (SSSR count). The van der Waals surface area contributed by atoms with Crippen LogP contribution >= 0.6 is 0 Å². The molecule has 0 saturated carbocycles. The quantitative estimate of drug-likeness (QED) is 0.129. The number of hydrogen-bond acceptors (Lipinski definition) is 4. The molecule has 1 aliphatic heterocycles. The number of anilines is 2. The minimum Gasteiger partial charge on any atom is -0.399 e. The molecule has 1 saturated heterocycles. The molecule has 1 atom stereocenters. The molecule has 1 amide bonds. The van der Waals surface area contributed by atoms with Crippen LogP contribution < -0.4 is 16.0 Å². The van der Waals surface area contributed by atoms with Crippen molar-refractivity contribution in [2.45, 2.75) is 31.7 Å². The van der Waals surface area contributed by atoms with Crippen LogP contribution in [0.3, 0.4) is 0 Å². The molecule has 1 unspecified atom stereocenters. The molecule has 1 heterocycles. The molecule has 1 aliphatic rings. The summed E-state index contributed by atoms with van der Waals surface area (Å²) in [4.78, 5) is 29.3. The van der Waals surface area contributed by atoms with Gasteiger partial charge < -0.3 is 16.0 Å². The zero-order chi connectivity index (χ0) is 31.0. The zero-order valence-corrected chi connectivity index (χ0v) is 25.4. The Kier molecular flexibility index (Phi) is 9.35. The van der Waals surface area contributed by atoms with E-state index in [0.717, 1.165) is 59.4 Å². The lowest BCUT2D eigenvalue weighted by atomic mass is 9.79. The standard InChI is InChI=1S/C40H39N3O2/c41-34-15-9-14-33(27-34)36-16-7-8-17-37(36)38(44)26-29-18-20-35(21-19-29)43-24-22-32(23-25-43)39(31-12-5-2-6-13-31)40(45)42-28-30-10-3-1-4-11-30/h1-21,27,32,39H,22-26,28,41H2,(H,42,45). The summed E-state index contributed by atoms with van der Waals surface area (Å²) >= 11 is 0. The average molecular weight is 594 g/mol. The summed E-state index contributed by atoms with van der Waals surface area (Å²) in [5.74, 6) is 0.255. The summed E-state index contributed by atoms with van der Waals surface area (Å²) in [7, 11) is 0. The molecular formula is C40H39N3O2. The Morgan fingerprint density at radius 2 is 1.40 bits per heavy atom. The molecule has 5 heteroatoms. The van der Waals surface area contributed by atoms with Crippen LogP contribution in [0.5, 0.6) is 0 Å². The normalized spacial score (nSPS) is 14.1. The maximum Gasteiger partial charge on any atom is 0.228 e. The van der Waals surface area contributed by atoms with E-state index in [-0.39, 0.29) is 23.5 Å². The summed E-state index contributed by atoms with van der Waals surface area (Å²) in [5.41, 5.74) is 13.5. The van der Waals surface area contributed by atoms with Crippen LogP contribution in [0, 0.1) is 5.92 Å². The number of benzene rings is 5. The van der Waals surface area contributed by atoms with Crippen molar-refractivity contribution in [1.29, 1.82) is 0 Å². The highest BCUT2D eigenvalue weighted by molar-refractivity contribution is 6.03. The summed E-state index contributed by atoms with van der Waals surface area (Å²) in [5, 5.41) is 3.20. The van der Waals surface area contributed by atoms with Crippen molar-refractivity contribution in [2.75, 3.05) is 23.7 Å². The number of nitrogens with two attached hydrogens (primary N) is 1. The number of Topliss-reactive ketones (excluding diaryl/α,β-unsaturated/α-hetero) is 1. The first-order valence-electron chi connectivity index (χ1n) is 15.7. The predicted octanol–water partition coefficient (Wildman–Crippen LogP) is 7.68. The first kappa shape index (κ1) is 29.9. The largest absolute Gasteiger partial charge is 0.399 e. The number of piperidine rings is 1. The van der Waals surface area contributed by atoms with Gasteiger partial charge in [0.25, 0.3) is 0 Å². The van der Waals surface area contributed by atoms with Crippen LogP contribution in [0.2, 0.25) is 0 Å². The van der Waals surface area contributed by atoms with Crippen LogP contribution in [-0.4, -0.2) is 24.8 Å². The van der Waals surface area contributed by atoms with E-state index in [4.69, 9.17) is 5.73 Å². The predicted molar refractivity (Wildman–Crippen MR) is 183 cm³/mol. The molecule has 226 valence electrons. The van der Waals surface area contributed by atoms with Crippen molar-refractivity contribution in [3.8, 4) is 11.1 Å². The fourth-order valence-electron chi connectivity index (χ4n) is 6.47. The maximum atomic E-state index is 13.6. The molecule has 0 bridgehead atoms. The van der Waals surface area contributed by atoms with Gasteiger partial charge in [-0.2, -0.15) is 0 Å². The third-order valence-corrected chi connectivity index (χ3v) is 8.85. The van der Waals surface area contributed by atoms with E-state index in [1.165, 1.54) is 0 Å². The second-order valence-corrected chi connectivity index (χ2v) is 11.9. The minimum absolute atomic E-state index is 0.0825. The Labute approximate surface area is 265 Å². The van der Waals surface area contributed by atoms with Crippen molar-refractivity contribution in [1.82, 2.24) is 5.32 Å². The van der Waals surface area contributed by atoms with Gasteiger partial charge in [-0.1, -0.05) is 109 Å². The topological polar surface area (TPSA) is 75.4 Å². The molecule has 5 nitrogen and oxygen atoms in total. The van der Waals surface area contributed by atoms with Crippen LogP contribution in [0.15, 0.2) is 133 Å². The van der Waals surface area contributed by atoms with Gasteiger partial charge in [0, 0.05) is 43.0 Å². The second kappa shape index (κ2) is 14.1. The van der Waals surface area contributed by atoms with E-state index in [9.17, 15) is 9.59 Å². The number of nitrogens with one attached hydrogen (secondary N) is 1. The van der Waals surface area contributed by atoms with Crippen molar-refractivity contribution in [3.63, 3.8) is 0 Å². The van der Waals surface area contributed by atoms with E-state index in [2.05, 4.69) is 46.6 Å². The van der Waals surface area contributed by atoms with Gasteiger partial charge in [0.15, 0.2) is 5.78 Å². The molecule has 0 spiro atoms. The van der Waals surface area contributed by atoms with Crippen LogP contribution in [0.1, 0.15) is 45.8 Å². The number of hydrogen-bond donors (Lipinski definition) is 2. The number of amides is 1. The molecule has 45 heavy (non-hydrogen) atoms. The number of carbonyl (C=O) groups is 2. The van der Waals surface area contributed by atoms with E-state index in [0.29, 0.717) is 24.2 Å². The molecule has 0 aliphatic carbocycles. The third kappa shape index (κ3) is 7.32. The summed E-state index contributed by atoms with van der Waals surface area (Å²) in [6, 6.07) is 44.0. The van der Waals surface area contributed by atoms with E-state index >= 15 is 0 Å². The van der Waals surface area contributed by atoms with Crippen LogP contribution in [0.4, 0.5) is 11.4 Å². The smallest absolute Gasteiger partial charge is 0.228 e. The van der Waals surface area contributed by atoms with Crippen molar-refractivity contribution in [2.24, 2.45) is 5.92 Å². The number of nitrogen functional groups attached to an aromatic ring is 1. The van der Waals surface area contributed by atoms with Crippen molar-refractivity contribution < 1.29 is 9.59 Å². The number of rotatable bonds is 10. The average Bonchev–Trinajstić information content (AvgIpc) is 3.09. The number of carbonyl (C=O) groups excluding carboxylic acids is 2. The lowest BCUT2D eigenvalue weighted by Crippen LogP contribution is -2.40. The molecule has 1 fully saturated rings. The van der Waals surface area contributed by atoms with Crippen molar-refractivity contribution >= 4 is 23.1 Å². The van der Waals surface area contributed by atoms with Gasteiger partial charge in [-0.25, -0.2) is 0 Å².